The van der Waals surface area contributed by atoms with Crippen molar-refractivity contribution in [2.45, 2.75) is 17.4 Å². The van der Waals surface area contributed by atoms with Crippen LogP contribution in [-0.4, -0.2) is 11.8 Å². The molecular weight excluding hydrogens is 362 g/mol. The highest BCUT2D eigenvalue weighted by Crippen LogP contribution is 2.27. The van der Waals surface area contributed by atoms with Crippen LogP contribution in [-0.2, 0) is 6.42 Å². The van der Waals surface area contributed by atoms with E-state index in [0.29, 0.717) is 0 Å². The first-order chi connectivity index (χ1) is 10.2. The lowest BCUT2D eigenvalue weighted by Gasteiger charge is -2.11. The summed E-state index contributed by atoms with van der Waals surface area (Å²) in [5.41, 5.74) is 7.68. The van der Waals surface area contributed by atoms with Gasteiger partial charge in [-0.3, -0.25) is 0 Å². The number of benzene rings is 2. The molecule has 0 saturated carbocycles. The van der Waals surface area contributed by atoms with Crippen LogP contribution < -0.4 is 5.73 Å². The van der Waals surface area contributed by atoms with Crippen molar-refractivity contribution < 1.29 is 0 Å². The summed E-state index contributed by atoms with van der Waals surface area (Å²) in [5.74, 6) is 0.936. The van der Waals surface area contributed by atoms with Crippen LogP contribution in [0.5, 0.6) is 0 Å². The van der Waals surface area contributed by atoms with Gasteiger partial charge < -0.3 is 5.73 Å². The van der Waals surface area contributed by atoms with Gasteiger partial charge in [0, 0.05) is 25.9 Å². The van der Waals surface area contributed by atoms with Gasteiger partial charge in [0.1, 0.15) is 0 Å². The molecule has 3 aromatic rings. The predicted molar refractivity (Wildman–Crippen MR) is 98.4 cm³/mol. The third-order valence-corrected chi connectivity index (χ3v) is 6.06. The molecule has 0 aliphatic carbocycles. The maximum atomic E-state index is 6.31. The fourth-order valence-corrected chi connectivity index (χ4v) is 4.36. The van der Waals surface area contributed by atoms with Crippen LogP contribution in [0.25, 0.3) is 10.1 Å². The number of thioether (sulfide) groups is 1. The molecular formula is C17H16BrNS2. The van der Waals surface area contributed by atoms with Gasteiger partial charge in [0.2, 0.25) is 0 Å². The van der Waals surface area contributed by atoms with E-state index in [4.69, 9.17) is 5.73 Å². The molecule has 0 radical (unpaired) electrons. The molecule has 1 unspecified atom stereocenters. The van der Waals surface area contributed by atoms with Crippen LogP contribution in [0.3, 0.4) is 0 Å². The van der Waals surface area contributed by atoms with Crippen molar-refractivity contribution in [3.63, 3.8) is 0 Å². The molecule has 0 aliphatic rings. The molecule has 2 N–H and O–H groups in total. The Kier molecular flexibility index (Phi) is 5.01. The van der Waals surface area contributed by atoms with E-state index in [1.807, 2.05) is 11.8 Å². The average Bonchev–Trinajstić information content (AvgIpc) is 2.90. The largest absolute Gasteiger partial charge is 0.327 e. The second-order valence-corrected chi connectivity index (χ2v) is 7.91. The van der Waals surface area contributed by atoms with Gasteiger partial charge in [-0.05, 0) is 53.1 Å². The summed E-state index contributed by atoms with van der Waals surface area (Å²) in [6.07, 6.45) is 0.938. The maximum absolute atomic E-state index is 6.31. The number of hydrogen-bond acceptors (Lipinski definition) is 3. The number of nitrogens with two attached hydrogens (primary N) is 1. The second-order valence-electron chi connectivity index (χ2n) is 4.99. The zero-order valence-electron chi connectivity index (χ0n) is 11.5. The summed E-state index contributed by atoms with van der Waals surface area (Å²) in [5, 5.41) is 3.60. The third-order valence-electron chi connectivity index (χ3n) is 3.32. The van der Waals surface area contributed by atoms with Crippen molar-refractivity contribution in [3.05, 3.63) is 63.9 Å². The quantitative estimate of drug-likeness (QED) is 0.608. The highest BCUT2D eigenvalue weighted by molar-refractivity contribution is 9.10. The summed E-state index contributed by atoms with van der Waals surface area (Å²) < 4.78 is 2.46. The first kappa shape index (κ1) is 15.1. The minimum atomic E-state index is 0.177. The SMILES string of the molecule is NC(CSc1ccc(Br)cc1)Cc1csc2ccccc12. The van der Waals surface area contributed by atoms with E-state index in [1.54, 1.807) is 11.3 Å². The Morgan fingerprint density at radius 1 is 1.10 bits per heavy atom. The number of rotatable bonds is 5. The summed E-state index contributed by atoms with van der Waals surface area (Å²) >= 11 is 7.08. The number of hydrogen-bond donors (Lipinski definition) is 1. The molecule has 0 aliphatic heterocycles. The van der Waals surface area contributed by atoms with Gasteiger partial charge >= 0.3 is 0 Å². The molecule has 4 heteroatoms. The maximum Gasteiger partial charge on any atom is 0.0345 e. The summed E-state index contributed by atoms with van der Waals surface area (Å²) in [7, 11) is 0. The fraction of sp³-hybridized carbons (Fsp3) is 0.176. The van der Waals surface area contributed by atoms with Crippen molar-refractivity contribution in [1.29, 1.82) is 0 Å². The predicted octanol–water partition coefficient (Wildman–Crippen LogP) is 5.33. The van der Waals surface area contributed by atoms with Crippen LogP contribution in [0, 0.1) is 0 Å². The summed E-state index contributed by atoms with van der Waals surface area (Å²) in [6.45, 7) is 0. The zero-order chi connectivity index (χ0) is 14.7. The van der Waals surface area contributed by atoms with Crippen LogP contribution in [0.4, 0.5) is 0 Å². The van der Waals surface area contributed by atoms with Gasteiger partial charge in [0.25, 0.3) is 0 Å². The Balaban J connectivity index is 1.61. The first-order valence-electron chi connectivity index (χ1n) is 6.81. The Morgan fingerprint density at radius 2 is 1.86 bits per heavy atom. The lowest BCUT2D eigenvalue weighted by Crippen LogP contribution is -2.25. The number of halogens is 1. The van der Waals surface area contributed by atoms with Crippen LogP contribution >= 0.6 is 39.0 Å². The zero-order valence-corrected chi connectivity index (χ0v) is 14.7. The standard InChI is InChI=1S/C17H16BrNS2/c18-13-5-7-15(8-6-13)20-11-14(19)9-12-10-21-17-4-2-1-3-16(12)17/h1-8,10,14H,9,11,19H2. The van der Waals surface area contributed by atoms with Crippen molar-refractivity contribution in [2.24, 2.45) is 5.73 Å². The van der Waals surface area contributed by atoms with E-state index in [0.717, 1.165) is 16.6 Å². The van der Waals surface area contributed by atoms with Crippen LogP contribution in [0.15, 0.2) is 63.3 Å². The van der Waals surface area contributed by atoms with E-state index in [9.17, 15) is 0 Å². The Hall–Kier alpha value is -0.810. The Labute approximate surface area is 141 Å². The molecule has 0 saturated heterocycles. The first-order valence-corrected chi connectivity index (χ1v) is 9.47. The van der Waals surface area contributed by atoms with E-state index in [-0.39, 0.29) is 6.04 Å². The minimum Gasteiger partial charge on any atom is -0.327 e. The van der Waals surface area contributed by atoms with E-state index in [2.05, 4.69) is 69.8 Å². The smallest absolute Gasteiger partial charge is 0.0345 e. The lowest BCUT2D eigenvalue weighted by molar-refractivity contribution is 0.754. The lowest BCUT2D eigenvalue weighted by atomic mass is 10.1. The van der Waals surface area contributed by atoms with E-state index >= 15 is 0 Å². The van der Waals surface area contributed by atoms with Crippen LogP contribution in [0.1, 0.15) is 5.56 Å². The topological polar surface area (TPSA) is 26.0 Å². The van der Waals surface area contributed by atoms with Gasteiger partial charge in [0.05, 0.1) is 0 Å². The van der Waals surface area contributed by atoms with Gasteiger partial charge in [-0.2, -0.15) is 0 Å². The van der Waals surface area contributed by atoms with Crippen LogP contribution in [0.2, 0.25) is 0 Å². The van der Waals surface area contributed by atoms with Gasteiger partial charge in [0.15, 0.2) is 0 Å². The molecule has 21 heavy (non-hydrogen) atoms. The highest BCUT2D eigenvalue weighted by Gasteiger charge is 2.09. The third kappa shape index (κ3) is 3.89. The summed E-state index contributed by atoms with van der Waals surface area (Å²) in [4.78, 5) is 1.27. The monoisotopic (exact) mass is 377 g/mol. The average molecular weight is 378 g/mol. The molecule has 1 atom stereocenters. The van der Waals surface area contributed by atoms with Crippen molar-refractivity contribution >= 4 is 49.1 Å². The molecule has 0 fully saturated rings. The molecule has 2 aromatic carbocycles. The Morgan fingerprint density at radius 3 is 2.67 bits per heavy atom. The molecule has 1 heterocycles. The minimum absolute atomic E-state index is 0.177. The van der Waals surface area contributed by atoms with E-state index in [1.165, 1.54) is 20.5 Å². The fourth-order valence-electron chi connectivity index (χ4n) is 2.27. The molecule has 3 rings (SSSR count). The molecule has 1 nitrogen and oxygen atoms in total. The molecule has 108 valence electrons. The number of thiophene rings is 1. The van der Waals surface area contributed by atoms with Gasteiger partial charge in [-0.15, -0.1) is 23.1 Å². The van der Waals surface area contributed by atoms with Crippen molar-refractivity contribution in [1.82, 2.24) is 0 Å². The number of fused-ring (bicyclic) bond motifs is 1. The summed E-state index contributed by atoms with van der Waals surface area (Å²) in [6, 6.07) is 17.1. The highest BCUT2D eigenvalue weighted by atomic mass is 79.9. The normalized spacial score (nSPS) is 12.7. The van der Waals surface area contributed by atoms with E-state index < -0.39 is 0 Å². The molecule has 0 amide bonds. The van der Waals surface area contributed by atoms with Crippen molar-refractivity contribution in [3.8, 4) is 0 Å². The molecule has 1 aromatic heterocycles. The van der Waals surface area contributed by atoms with Gasteiger partial charge in [-0.1, -0.05) is 34.1 Å². The second kappa shape index (κ2) is 6.97. The molecule has 0 bridgehead atoms. The molecule has 0 spiro atoms. The van der Waals surface area contributed by atoms with Gasteiger partial charge in [-0.25, -0.2) is 0 Å². The Bertz CT molecular complexity index is 721. The van der Waals surface area contributed by atoms with Crippen molar-refractivity contribution in [2.75, 3.05) is 5.75 Å².